The third-order valence-electron chi connectivity index (χ3n) is 5.42. The fraction of sp³-hybridized carbons (Fsp3) is 0.435. The standard InChI is InChI=1S/C23H31N3O2S/c1-16-6-5-13-26(15-16)19-9-7-18(8-10-19)17(2)24-23(29)25-21-12-11-20(27-3)14-22(21)28-4/h7-12,14,16-17H,5-6,13,15H2,1-4H3,(H2,24,25,29)/t16-,17+/m0/s1. The number of hydrogen-bond donors (Lipinski definition) is 2. The van der Waals surface area contributed by atoms with Crippen molar-refractivity contribution in [3.63, 3.8) is 0 Å². The molecular weight excluding hydrogens is 382 g/mol. The molecule has 1 aliphatic rings. The van der Waals surface area contributed by atoms with Crippen molar-refractivity contribution in [2.45, 2.75) is 32.7 Å². The molecule has 0 aliphatic carbocycles. The number of thiocarbonyl (C=S) groups is 1. The lowest BCUT2D eigenvalue weighted by Gasteiger charge is -2.33. The Morgan fingerprint density at radius 3 is 2.55 bits per heavy atom. The zero-order chi connectivity index (χ0) is 20.8. The van der Waals surface area contributed by atoms with Crippen molar-refractivity contribution in [3.8, 4) is 11.5 Å². The summed E-state index contributed by atoms with van der Waals surface area (Å²) in [6, 6.07) is 14.5. The van der Waals surface area contributed by atoms with Crippen LogP contribution in [0.15, 0.2) is 42.5 Å². The maximum Gasteiger partial charge on any atom is 0.171 e. The van der Waals surface area contributed by atoms with E-state index in [1.165, 1.54) is 24.1 Å². The largest absolute Gasteiger partial charge is 0.497 e. The second-order valence-corrected chi connectivity index (χ2v) is 8.08. The van der Waals surface area contributed by atoms with Gasteiger partial charge in [0.25, 0.3) is 0 Å². The van der Waals surface area contributed by atoms with E-state index >= 15 is 0 Å². The summed E-state index contributed by atoms with van der Waals surface area (Å²) in [7, 11) is 3.26. The van der Waals surface area contributed by atoms with Crippen molar-refractivity contribution in [1.29, 1.82) is 0 Å². The average molecular weight is 414 g/mol. The lowest BCUT2D eigenvalue weighted by molar-refractivity contribution is 0.395. The molecule has 0 saturated carbocycles. The van der Waals surface area contributed by atoms with Gasteiger partial charge >= 0.3 is 0 Å². The summed E-state index contributed by atoms with van der Waals surface area (Å²) < 4.78 is 10.7. The zero-order valence-electron chi connectivity index (χ0n) is 17.7. The third-order valence-corrected chi connectivity index (χ3v) is 5.64. The summed E-state index contributed by atoms with van der Waals surface area (Å²) in [6.07, 6.45) is 2.61. The first-order valence-electron chi connectivity index (χ1n) is 10.1. The van der Waals surface area contributed by atoms with Crippen LogP contribution in [0.4, 0.5) is 11.4 Å². The van der Waals surface area contributed by atoms with Crippen LogP contribution in [0.1, 0.15) is 38.3 Å². The molecule has 0 aromatic heterocycles. The number of piperidine rings is 1. The first kappa shape index (κ1) is 21.2. The summed E-state index contributed by atoms with van der Waals surface area (Å²) in [5.41, 5.74) is 3.30. The monoisotopic (exact) mass is 413 g/mol. The Labute approximate surface area is 179 Å². The van der Waals surface area contributed by atoms with Crippen LogP contribution in [0.25, 0.3) is 0 Å². The van der Waals surface area contributed by atoms with E-state index in [1.54, 1.807) is 14.2 Å². The molecule has 2 N–H and O–H groups in total. The fourth-order valence-electron chi connectivity index (χ4n) is 3.74. The van der Waals surface area contributed by atoms with Crippen molar-refractivity contribution >= 4 is 28.7 Å². The van der Waals surface area contributed by atoms with Gasteiger partial charge in [-0.05, 0) is 67.7 Å². The van der Waals surface area contributed by atoms with Crippen LogP contribution in [0.5, 0.6) is 11.5 Å². The van der Waals surface area contributed by atoms with E-state index in [-0.39, 0.29) is 6.04 Å². The van der Waals surface area contributed by atoms with Crippen LogP contribution in [0.3, 0.4) is 0 Å². The number of anilines is 2. The third kappa shape index (κ3) is 5.54. The van der Waals surface area contributed by atoms with Crippen LogP contribution >= 0.6 is 12.2 Å². The Morgan fingerprint density at radius 2 is 1.90 bits per heavy atom. The van der Waals surface area contributed by atoms with Gasteiger partial charge in [0.2, 0.25) is 0 Å². The minimum atomic E-state index is 0.0913. The molecule has 1 fully saturated rings. The van der Waals surface area contributed by atoms with Gasteiger partial charge < -0.3 is 25.0 Å². The Kier molecular flexibility index (Phi) is 7.20. The molecule has 6 heteroatoms. The Morgan fingerprint density at radius 1 is 1.14 bits per heavy atom. The van der Waals surface area contributed by atoms with Crippen LogP contribution in [-0.2, 0) is 0 Å². The van der Waals surface area contributed by atoms with E-state index in [9.17, 15) is 0 Å². The smallest absolute Gasteiger partial charge is 0.171 e. The summed E-state index contributed by atoms with van der Waals surface area (Å²) in [5, 5.41) is 7.11. The Hall–Kier alpha value is -2.47. The Bertz CT molecular complexity index is 825. The van der Waals surface area contributed by atoms with Gasteiger partial charge in [0.1, 0.15) is 11.5 Å². The molecule has 1 saturated heterocycles. The van der Waals surface area contributed by atoms with Gasteiger partial charge in [-0.2, -0.15) is 0 Å². The Balaban J connectivity index is 1.59. The average Bonchev–Trinajstić information content (AvgIpc) is 2.74. The van der Waals surface area contributed by atoms with Gasteiger partial charge in [-0.1, -0.05) is 19.1 Å². The van der Waals surface area contributed by atoms with Crippen molar-refractivity contribution in [2.75, 3.05) is 37.5 Å². The second-order valence-electron chi connectivity index (χ2n) is 7.67. The quantitative estimate of drug-likeness (QED) is 0.651. The lowest BCUT2D eigenvalue weighted by Crippen LogP contribution is -2.34. The first-order chi connectivity index (χ1) is 14.0. The normalized spacial score (nSPS) is 17.4. The molecule has 29 heavy (non-hydrogen) atoms. The van der Waals surface area contributed by atoms with Crippen LogP contribution < -0.4 is 25.0 Å². The molecule has 0 amide bonds. The molecule has 2 atom stereocenters. The highest BCUT2D eigenvalue weighted by Crippen LogP contribution is 2.29. The highest BCUT2D eigenvalue weighted by Gasteiger charge is 2.17. The number of benzene rings is 2. The number of nitrogens with zero attached hydrogens (tertiary/aromatic N) is 1. The number of ether oxygens (including phenoxy) is 2. The summed E-state index contributed by atoms with van der Waals surface area (Å²) in [6.45, 7) is 6.73. The molecule has 0 spiro atoms. The predicted molar refractivity (Wildman–Crippen MR) is 124 cm³/mol. The number of methoxy groups -OCH3 is 2. The summed E-state index contributed by atoms with van der Waals surface area (Å²) in [4.78, 5) is 2.48. The molecule has 3 rings (SSSR count). The predicted octanol–water partition coefficient (Wildman–Crippen LogP) is 4.99. The molecule has 2 aromatic carbocycles. The number of rotatable bonds is 6. The SMILES string of the molecule is COc1ccc(NC(=S)N[C@H](C)c2ccc(N3CCC[C@H](C)C3)cc2)c(OC)c1. The molecule has 0 unspecified atom stereocenters. The van der Waals surface area contributed by atoms with E-state index in [2.05, 4.69) is 53.6 Å². The molecule has 0 bridgehead atoms. The first-order valence-corrected chi connectivity index (χ1v) is 10.6. The topological polar surface area (TPSA) is 45.8 Å². The van der Waals surface area contributed by atoms with Crippen LogP contribution in [0.2, 0.25) is 0 Å². The fourth-order valence-corrected chi connectivity index (χ4v) is 4.02. The zero-order valence-corrected chi connectivity index (χ0v) is 18.5. The van der Waals surface area contributed by atoms with Gasteiger partial charge in [-0.25, -0.2) is 0 Å². The van der Waals surface area contributed by atoms with E-state index in [1.807, 2.05) is 18.2 Å². The van der Waals surface area contributed by atoms with Gasteiger partial charge in [-0.15, -0.1) is 0 Å². The van der Waals surface area contributed by atoms with Crippen molar-refractivity contribution < 1.29 is 9.47 Å². The van der Waals surface area contributed by atoms with E-state index in [4.69, 9.17) is 21.7 Å². The van der Waals surface area contributed by atoms with Crippen LogP contribution in [-0.4, -0.2) is 32.4 Å². The molecule has 0 radical (unpaired) electrons. The van der Waals surface area contributed by atoms with Crippen molar-refractivity contribution in [1.82, 2.24) is 5.32 Å². The highest BCUT2D eigenvalue weighted by atomic mass is 32.1. The highest BCUT2D eigenvalue weighted by molar-refractivity contribution is 7.80. The molecule has 156 valence electrons. The molecule has 1 aliphatic heterocycles. The van der Waals surface area contributed by atoms with Gasteiger partial charge in [-0.3, -0.25) is 0 Å². The van der Waals surface area contributed by atoms with E-state index < -0.39 is 0 Å². The molecule has 2 aromatic rings. The van der Waals surface area contributed by atoms with Gasteiger partial charge in [0, 0.05) is 24.8 Å². The number of hydrogen-bond acceptors (Lipinski definition) is 4. The summed E-state index contributed by atoms with van der Waals surface area (Å²) in [5.74, 6) is 2.19. The van der Waals surface area contributed by atoms with E-state index in [0.29, 0.717) is 10.9 Å². The maximum atomic E-state index is 5.50. The van der Waals surface area contributed by atoms with Gasteiger partial charge in [0.15, 0.2) is 5.11 Å². The lowest BCUT2D eigenvalue weighted by atomic mass is 9.99. The van der Waals surface area contributed by atoms with Crippen molar-refractivity contribution in [3.05, 3.63) is 48.0 Å². The minimum absolute atomic E-state index is 0.0913. The van der Waals surface area contributed by atoms with Crippen LogP contribution in [0, 0.1) is 5.92 Å². The van der Waals surface area contributed by atoms with Crippen molar-refractivity contribution in [2.24, 2.45) is 5.92 Å². The maximum absolute atomic E-state index is 5.50. The van der Waals surface area contributed by atoms with Gasteiger partial charge in [0.05, 0.1) is 25.9 Å². The molecular formula is C23H31N3O2S. The minimum Gasteiger partial charge on any atom is -0.497 e. The molecule has 1 heterocycles. The van der Waals surface area contributed by atoms with E-state index in [0.717, 1.165) is 30.4 Å². The summed E-state index contributed by atoms with van der Waals surface area (Å²) >= 11 is 5.50. The second kappa shape index (κ2) is 9.83. The number of nitrogens with one attached hydrogen (secondary N) is 2. The molecule has 5 nitrogen and oxygen atoms in total.